The van der Waals surface area contributed by atoms with Gasteiger partial charge in [-0.2, -0.15) is 0 Å². The summed E-state index contributed by atoms with van der Waals surface area (Å²) in [5.41, 5.74) is 45.2. The highest BCUT2D eigenvalue weighted by molar-refractivity contribution is 5.99. The molecule has 0 fully saturated rings. The lowest BCUT2D eigenvalue weighted by molar-refractivity contribution is -0.136. The number of para-hydroxylation sites is 3. The zero-order chi connectivity index (χ0) is 67.2. The second kappa shape index (κ2) is 38.3. The third-order valence-electron chi connectivity index (χ3n) is 16.6. The van der Waals surface area contributed by atoms with E-state index in [1.807, 2.05) is 72.8 Å². The second-order valence-corrected chi connectivity index (χ2v) is 23.8. The molecule has 3 aromatic heterocycles. The van der Waals surface area contributed by atoms with Gasteiger partial charge in [0, 0.05) is 70.6 Å². The van der Waals surface area contributed by atoms with Crippen LogP contribution in [0.3, 0.4) is 0 Å². The lowest BCUT2D eigenvalue weighted by atomic mass is 10.00. The SMILES string of the molecule is C[C@H](NC(=O)[C@H](Cc1c[nH]c2ccccc12)NC(=O)[C@H](CCCCN)NC(=O)[C@H](CCCCN)NC(=O)[C@H](Cc1c[nH]c2ccccc12)NC(=O)[C@H](Cc1c[nH]c2ccccc12)NC(=O)[C@H](CCCCN)NC(=O)[C@@H](N)CCCCN)C(=O)N[C@@H](CCCCN)C(N)=O. The minimum atomic E-state index is -1.40. The summed E-state index contributed by atoms with van der Waals surface area (Å²) in [4.78, 5) is 138. The Kier molecular flexibility index (Phi) is 30.2. The highest BCUT2D eigenvalue weighted by Gasteiger charge is 2.36. The Bertz CT molecular complexity index is 3400. The molecule has 0 saturated carbocycles. The van der Waals surface area contributed by atoms with E-state index in [-0.39, 0.29) is 58.0 Å². The highest BCUT2D eigenvalue weighted by atomic mass is 16.2. The number of primary amides is 1. The van der Waals surface area contributed by atoms with Crippen LogP contribution in [0.25, 0.3) is 32.7 Å². The van der Waals surface area contributed by atoms with Crippen molar-refractivity contribution in [3.8, 4) is 0 Å². The van der Waals surface area contributed by atoms with Gasteiger partial charge in [-0.05, 0) is 164 Å². The number of benzene rings is 3. The van der Waals surface area contributed by atoms with Crippen molar-refractivity contribution >= 4 is 85.9 Å². The Morgan fingerprint density at radius 3 is 0.946 bits per heavy atom. The van der Waals surface area contributed by atoms with Crippen molar-refractivity contribution in [3.05, 3.63) is 108 Å². The molecular weight excluding hydrogens is 1190 g/mol. The molecule has 0 radical (unpaired) electrons. The number of unbranched alkanes of at least 4 members (excludes halogenated alkanes) is 5. The Morgan fingerprint density at radius 2 is 0.613 bits per heavy atom. The van der Waals surface area contributed by atoms with Crippen LogP contribution >= 0.6 is 0 Å². The lowest BCUT2D eigenvalue weighted by Gasteiger charge is -2.28. The fraction of sp³-hybridized carbons (Fsp3) is 0.500. The number of hydrogen-bond donors (Lipinski definition) is 18. The first-order valence-electron chi connectivity index (χ1n) is 32.5. The van der Waals surface area contributed by atoms with E-state index in [2.05, 4.69) is 57.5 Å². The van der Waals surface area contributed by atoms with Gasteiger partial charge in [0.2, 0.25) is 53.2 Å². The van der Waals surface area contributed by atoms with Crippen LogP contribution in [0, 0.1) is 0 Å². The Morgan fingerprint density at radius 1 is 0.344 bits per heavy atom. The predicted molar refractivity (Wildman–Crippen MR) is 359 cm³/mol. The predicted octanol–water partition coefficient (Wildman–Crippen LogP) is 0.514. The first-order valence-corrected chi connectivity index (χ1v) is 32.5. The molecule has 27 heteroatoms. The molecule has 25 N–H and O–H groups in total. The van der Waals surface area contributed by atoms with Crippen molar-refractivity contribution in [1.82, 2.24) is 57.5 Å². The zero-order valence-electron chi connectivity index (χ0n) is 53.3. The maximum Gasteiger partial charge on any atom is 0.243 e. The molecule has 0 aliphatic heterocycles. The molecule has 9 amide bonds. The summed E-state index contributed by atoms with van der Waals surface area (Å²) in [6, 6.07) is 11.3. The van der Waals surface area contributed by atoms with E-state index < -0.39 is 108 Å². The van der Waals surface area contributed by atoms with Crippen LogP contribution in [-0.4, -0.2) is 155 Å². The number of fused-ring (bicyclic) bond motifs is 3. The van der Waals surface area contributed by atoms with E-state index in [4.69, 9.17) is 40.1 Å². The maximum atomic E-state index is 15.2. The minimum absolute atomic E-state index is 0.0437. The number of hydrogen-bond acceptors (Lipinski definition) is 15. The number of carbonyl (C=O) groups excluding carboxylic acids is 9. The van der Waals surface area contributed by atoms with Gasteiger partial charge < -0.3 is 97.6 Å². The molecule has 27 nitrogen and oxygen atoms in total. The minimum Gasteiger partial charge on any atom is -0.368 e. The van der Waals surface area contributed by atoms with Gasteiger partial charge in [0.25, 0.3) is 0 Å². The van der Waals surface area contributed by atoms with Crippen LogP contribution in [0.1, 0.15) is 120 Å². The number of nitrogens with one attached hydrogen (secondary N) is 11. The molecule has 6 rings (SSSR count). The third-order valence-corrected chi connectivity index (χ3v) is 16.6. The molecule has 3 heterocycles. The molecule has 0 saturated heterocycles. The van der Waals surface area contributed by atoms with Gasteiger partial charge in [0.15, 0.2) is 0 Å². The molecule has 0 unspecified atom stereocenters. The van der Waals surface area contributed by atoms with Crippen LogP contribution in [0.15, 0.2) is 91.4 Å². The first-order chi connectivity index (χ1) is 44.9. The van der Waals surface area contributed by atoms with Gasteiger partial charge in [-0.3, -0.25) is 43.2 Å². The Hall–Kier alpha value is -8.73. The van der Waals surface area contributed by atoms with Gasteiger partial charge in [-0.1, -0.05) is 61.0 Å². The quantitative estimate of drug-likeness (QED) is 0.0232. The van der Waals surface area contributed by atoms with E-state index in [0.717, 1.165) is 32.7 Å². The zero-order valence-corrected chi connectivity index (χ0v) is 53.3. The number of carbonyl (C=O) groups is 9. The smallest absolute Gasteiger partial charge is 0.243 e. The topological polar surface area (TPSA) is 479 Å². The number of nitrogens with two attached hydrogens (primary N) is 7. The van der Waals surface area contributed by atoms with E-state index in [0.29, 0.717) is 107 Å². The summed E-state index contributed by atoms with van der Waals surface area (Å²) in [5, 5.41) is 24.8. The summed E-state index contributed by atoms with van der Waals surface area (Å²) in [7, 11) is 0. The molecule has 0 bridgehead atoms. The standard InChI is InChI=1S/C66H98N18O9/c1-40(59(86)78-51(58(73)85)25-9-14-30-68)77-64(91)55(34-41-37-74-48-22-5-2-18-44(41)48)82-63(90)54(28-12-17-33-71)80-61(88)53(27-11-16-32-70)81-65(92)56(35-42-38-75-49-23-6-3-19-45(42)49)84-66(93)57(36-43-39-76-50-24-7-4-20-46(43)50)83-62(89)52(26-10-15-31-69)79-60(87)47(72)21-8-13-29-67/h2-7,18-20,22-24,37-40,47,51-57,74-76H,8-17,21,25-36,67-72H2,1H3,(H2,73,85)(H,77,91)(H,78,86)(H,79,87)(H,80,88)(H,81,92)(H,82,90)(H,83,89)(H,84,93)/t40-,47-,51-,52-,53-,54-,55-,56-,57-/m0/s1. The average Bonchev–Trinajstić information content (AvgIpc) is 2.02. The van der Waals surface area contributed by atoms with Crippen LogP contribution in [0.4, 0.5) is 0 Å². The molecule has 93 heavy (non-hydrogen) atoms. The molecule has 0 aliphatic rings. The summed E-state index contributed by atoms with van der Waals surface area (Å²) < 4.78 is 0. The van der Waals surface area contributed by atoms with Crippen LogP contribution in [-0.2, 0) is 62.4 Å². The third kappa shape index (κ3) is 22.5. The van der Waals surface area contributed by atoms with Crippen molar-refractivity contribution < 1.29 is 43.2 Å². The summed E-state index contributed by atoms with van der Waals surface area (Å²) in [6.45, 7) is 3.10. The normalized spacial score (nSPS) is 14.4. The van der Waals surface area contributed by atoms with Gasteiger partial charge in [-0.25, -0.2) is 0 Å². The fourth-order valence-corrected chi connectivity index (χ4v) is 11.2. The summed E-state index contributed by atoms with van der Waals surface area (Å²) in [6.07, 6.45) is 10.8. The molecule has 3 aromatic carbocycles. The number of rotatable bonds is 43. The van der Waals surface area contributed by atoms with E-state index >= 15 is 9.59 Å². The number of aromatic amines is 3. The van der Waals surface area contributed by atoms with Gasteiger partial charge in [0.1, 0.15) is 48.3 Å². The first kappa shape index (κ1) is 73.3. The molecule has 0 spiro atoms. The number of aromatic nitrogens is 3. The van der Waals surface area contributed by atoms with Crippen LogP contribution < -0.4 is 82.7 Å². The van der Waals surface area contributed by atoms with Gasteiger partial charge in [-0.15, -0.1) is 0 Å². The van der Waals surface area contributed by atoms with Gasteiger partial charge >= 0.3 is 0 Å². The highest BCUT2D eigenvalue weighted by Crippen LogP contribution is 2.23. The van der Waals surface area contributed by atoms with Crippen LogP contribution in [0.5, 0.6) is 0 Å². The molecule has 6 aromatic rings. The monoisotopic (exact) mass is 1290 g/mol. The van der Waals surface area contributed by atoms with Gasteiger partial charge in [0.05, 0.1) is 6.04 Å². The van der Waals surface area contributed by atoms with E-state index in [9.17, 15) is 33.6 Å². The number of amides is 9. The largest absolute Gasteiger partial charge is 0.368 e. The fourth-order valence-electron chi connectivity index (χ4n) is 11.2. The Labute approximate surface area is 542 Å². The molecule has 0 aliphatic carbocycles. The summed E-state index contributed by atoms with van der Waals surface area (Å²) >= 11 is 0. The van der Waals surface area contributed by atoms with Crippen molar-refractivity contribution in [2.24, 2.45) is 40.1 Å². The average molecular weight is 1290 g/mol. The summed E-state index contributed by atoms with van der Waals surface area (Å²) in [5.74, 6) is -6.44. The Balaban J connectivity index is 1.30. The van der Waals surface area contributed by atoms with E-state index in [1.54, 1.807) is 18.6 Å². The van der Waals surface area contributed by atoms with Crippen molar-refractivity contribution in [2.75, 3.05) is 32.7 Å². The molecule has 9 atom stereocenters. The van der Waals surface area contributed by atoms with Crippen molar-refractivity contribution in [1.29, 1.82) is 0 Å². The van der Waals surface area contributed by atoms with Crippen molar-refractivity contribution in [2.45, 2.75) is 177 Å². The van der Waals surface area contributed by atoms with Crippen LogP contribution in [0.2, 0.25) is 0 Å². The van der Waals surface area contributed by atoms with Crippen molar-refractivity contribution in [3.63, 3.8) is 0 Å². The van der Waals surface area contributed by atoms with E-state index in [1.165, 1.54) is 6.92 Å². The lowest BCUT2D eigenvalue weighted by Crippen LogP contribution is -2.61. The molecular formula is C66H98N18O9. The number of H-pyrrole nitrogens is 3. The second-order valence-electron chi connectivity index (χ2n) is 23.8. The maximum absolute atomic E-state index is 15.2. The molecule has 506 valence electrons.